The molecule has 2 amide bonds. The number of thiophene rings is 1. The molecule has 3 N–H and O–H groups in total. The highest BCUT2D eigenvalue weighted by molar-refractivity contribution is 7.08. The van der Waals surface area contributed by atoms with E-state index in [0.29, 0.717) is 0 Å². The van der Waals surface area contributed by atoms with Gasteiger partial charge in [-0.3, -0.25) is 0 Å². The van der Waals surface area contributed by atoms with Gasteiger partial charge in [0.1, 0.15) is 11.4 Å². The van der Waals surface area contributed by atoms with Gasteiger partial charge < -0.3 is 15.7 Å². The van der Waals surface area contributed by atoms with E-state index in [-0.39, 0.29) is 24.4 Å². The molecule has 1 aliphatic rings. The average Bonchev–Trinajstić information content (AvgIpc) is 3.08. The Morgan fingerprint density at radius 1 is 1.46 bits per heavy atom. The zero-order valence-corrected chi connectivity index (χ0v) is 14.3. The first kappa shape index (κ1) is 16.9. The molecule has 128 valence electrons. The van der Waals surface area contributed by atoms with Crippen LogP contribution in [0.4, 0.5) is 9.18 Å². The van der Waals surface area contributed by atoms with Crippen LogP contribution in [0.3, 0.4) is 0 Å². The molecule has 2 aromatic rings. The number of aliphatic hydroxyl groups is 1. The van der Waals surface area contributed by atoms with Crippen LogP contribution in [0.1, 0.15) is 42.5 Å². The van der Waals surface area contributed by atoms with Gasteiger partial charge in [-0.25, -0.2) is 9.18 Å². The second kappa shape index (κ2) is 6.91. The summed E-state index contributed by atoms with van der Waals surface area (Å²) in [6.45, 7) is 1.80. The van der Waals surface area contributed by atoms with Crippen LogP contribution < -0.4 is 10.6 Å². The fourth-order valence-corrected chi connectivity index (χ4v) is 3.85. The van der Waals surface area contributed by atoms with Gasteiger partial charge in [0.05, 0.1) is 12.6 Å². The normalized spacial score (nSPS) is 19.2. The van der Waals surface area contributed by atoms with Gasteiger partial charge in [-0.2, -0.15) is 11.3 Å². The quantitative estimate of drug-likeness (QED) is 0.792. The largest absolute Gasteiger partial charge is 0.384 e. The van der Waals surface area contributed by atoms with Crippen molar-refractivity contribution in [2.75, 3.05) is 6.54 Å². The number of hydrogen-bond acceptors (Lipinski definition) is 3. The van der Waals surface area contributed by atoms with Crippen molar-refractivity contribution < 1.29 is 14.3 Å². The molecule has 0 saturated heterocycles. The van der Waals surface area contributed by atoms with E-state index in [1.807, 2.05) is 16.8 Å². The van der Waals surface area contributed by atoms with Crippen LogP contribution in [0.5, 0.6) is 0 Å². The van der Waals surface area contributed by atoms with Crippen molar-refractivity contribution >= 4 is 17.4 Å². The first-order valence-corrected chi connectivity index (χ1v) is 8.98. The zero-order valence-electron chi connectivity index (χ0n) is 13.5. The van der Waals surface area contributed by atoms with Gasteiger partial charge in [-0.05, 0) is 71.8 Å². The molecule has 4 nitrogen and oxygen atoms in total. The molecular formula is C18H21FN2O2S. The summed E-state index contributed by atoms with van der Waals surface area (Å²) in [5.41, 5.74) is 1.61. The summed E-state index contributed by atoms with van der Waals surface area (Å²) in [7, 11) is 0. The first-order chi connectivity index (χ1) is 11.5. The van der Waals surface area contributed by atoms with E-state index in [1.165, 1.54) is 17.4 Å². The van der Waals surface area contributed by atoms with E-state index in [0.717, 1.165) is 36.0 Å². The van der Waals surface area contributed by atoms with E-state index < -0.39 is 5.60 Å². The summed E-state index contributed by atoms with van der Waals surface area (Å²) in [5.74, 6) is -0.245. The van der Waals surface area contributed by atoms with Crippen LogP contribution in [-0.2, 0) is 12.0 Å². The highest BCUT2D eigenvalue weighted by Crippen LogP contribution is 2.30. The predicted octanol–water partition coefficient (Wildman–Crippen LogP) is 3.47. The Morgan fingerprint density at radius 3 is 3.04 bits per heavy atom. The monoisotopic (exact) mass is 348 g/mol. The lowest BCUT2D eigenvalue weighted by atomic mass is 9.87. The number of rotatable bonds is 4. The number of fused-ring (bicyclic) bond motifs is 1. The lowest BCUT2D eigenvalue weighted by molar-refractivity contribution is 0.0597. The fraction of sp³-hybridized carbons (Fsp3) is 0.389. The second-order valence-electron chi connectivity index (χ2n) is 6.40. The molecule has 1 aliphatic carbocycles. The van der Waals surface area contributed by atoms with E-state index in [1.54, 1.807) is 19.1 Å². The third kappa shape index (κ3) is 3.76. The molecule has 2 unspecified atom stereocenters. The minimum atomic E-state index is -1.11. The van der Waals surface area contributed by atoms with Crippen molar-refractivity contribution in [1.29, 1.82) is 0 Å². The first-order valence-electron chi connectivity index (χ1n) is 8.03. The number of aryl methyl sites for hydroxylation is 1. The van der Waals surface area contributed by atoms with Crippen LogP contribution in [0.2, 0.25) is 0 Å². The molecule has 0 aliphatic heterocycles. The molecule has 6 heteroatoms. The molecule has 0 saturated carbocycles. The maximum Gasteiger partial charge on any atom is 0.315 e. The zero-order chi connectivity index (χ0) is 17.2. The second-order valence-corrected chi connectivity index (χ2v) is 7.18. The SMILES string of the molecule is CC(O)(CNC(=O)NC1CCCc2cc(F)ccc21)c1ccsc1. The van der Waals surface area contributed by atoms with Crippen molar-refractivity contribution in [3.63, 3.8) is 0 Å². The molecule has 1 heterocycles. The standard InChI is InChI=1S/C18H21FN2O2S/c1-18(23,13-7-8-24-10-13)11-20-17(22)21-16-4-2-3-12-9-14(19)5-6-15(12)16/h5-10,16,23H,2-4,11H2,1H3,(H2,20,21,22). The Kier molecular flexibility index (Phi) is 4.87. The Morgan fingerprint density at radius 2 is 2.29 bits per heavy atom. The van der Waals surface area contributed by atoms with Gasteiger partial charge in [0, 0.05) is 0 Å². The summed E-state index contributed by atoms with van der Waals surface area (Å²) >= 11 is 1.50. The summed E-state index contributed by atoms with van der Waals surface area (Å²) in [5, 5.41) is 19.9. The molecule has 1 aromatic carbocycles. The number of carbonyl (C=O) groups excluding carboxylic acids is 1. The van der Waals surface area contributed by atoms with Crippen LogP contribution in [-0.4, -0.2) is 17.7 Å². The van der Waals surface area contributed by atoms with Crippen molar-refractivity contribution in [3.05, 3.63) is 57.5 Å². The minimum absolute atomic E-state index is 0.124. The lowest BCUT2D eigenvalue weighted by Crippen LogP contribution is -2.44. The number of urea groups is 1. The Balaban J connectivity index is 1.60. The Labute approximate surface area is 144 Å². The number of hydrogen-bond donors (Lipinski definition) is 3. The molecule has 2 atom stereocenters. The number of halogens is 1. The third-order valence-electron chi connectivity index (χ3n) is 4.46. The maximum absolute atomic E-state index is 13.3. The number of nitrogens with one attached hydrogen (secondary N) is 2. The van der Waals surface area contributed by atoms with Gasteiger partial charge in [0.25, 0.3) is 0 Å². The summed E-state index contributed by atoms with van der Waals surface area (Å²) in [6.07, 6.45) is 2.57. The van der Waals surface area contributed by atoms with Crippen molar-refractivity contribution in [1.82, 2.24) is 10.6 Å². The molecule has 0 fully saturated rings. The minimum Gasteiger partial charge on any atom is -0.384 e. The fourth-order valence-electron chi connectivity index (χ4n) is 3.07. The van der Waals surface area contributed by atoms with Crippen LogP contribution in [0, 0.1) is 5.82 Å². The molecule has 0 radical (unpaired) electrons. The molecule has 24 heavy (non-hydrogen) atoms. The van der Waals surface area contributed by atoms with Crippen molar-refractivity contribution in [2.45, 2.75) is 37.8 Å². The molecule has 0 spiro atoms. The maximum atomic E-state index is 13.3. The van der Waals surface area contributed by atoms with Crippen LogP contribution in [0.25, 0.3) is 0 Å². The van der Waals surface area contributed by atoms with E-state index in [9.17, 15) is 14.3 Å². The van der Waals surface area contributed by atoms with Gasteiger partial charge in [0.15, 0.2) is 0 Å². The summed E-state index contributed by atoms with van der Waals surface area (Å²) in [4.78, 5) is 12.2. The van der Waals surface area contributed by atoms with Gasteiger partial charge in [-0.1, -0.05) is 6.07 Å². The van der Waals surface area contributed by atoms with Gasteiger partial charge >= 0.3 is 6.03 Å². The van der Waals surface area contributed by atoms with E-state index in [2.05, 4.69) is 10.6 Å². The summed E-state index contributed by atoms with van der Waals surface area (Å²) < 4.78 is 13.3. The van der Waals surface area contributed by atoms with Crippen molar-refractivity contribution in [2.24, 2.45) is 0 Å². The van der Waals surface area contributed by atoms with Gasteiger partial charge in [-0.15, -0.1) is 0 Å². The molecule has 1 aromatic heterocycles. The van der Waals surface area contributed by atoms with Gasteiger partial charge in [0.2, 0.25) is 0 Å². The molecule has 0 bridgehead atoms. The molecular weight excluding hydrogens is 327 g/mol. The highest BCUT2D eigenvalue weighted by Gasteiger charge is 2.26. The number of benzene rings is 1. The number of amides is 2. The van der Waals surface area contributed by atoms with E-state index in [4.69, 9.17) is 0 Å². The predicted molar refractivity (Wildman–Crippen MR) is 92.5 cm³/mol. The Hall–Kier alpha value is -1.92. The summed E-state index contributed by atoms with van der Waals surface area (Å²) in [6, 6.07) is 6.11. The topological polar surface area (TPSA) is 61.4 Å². The highest BCUT2D eigenvalue weighted by atomic mass is 32.1. The van der Waals surface area contributed by atoms with E-state index >= 15 is 0 Å². The molecule has 3 rings (SSSR count). The Bertz CT molecular complexity index is 716. The van der Waals surface area contributed by atoms with Crippen LogP contribution in [0.15, 0.2) is 35.0 Å². The third-order valence-corrected chi connectivity index (χ3v) is 5.14. The average molecular weight is 348 g/mol. The van der Waals surface area contributed by atoms with Crippen LogP contribution >= 0.6 is 11.3 Å². The number of carbonyl (C=O) groups is 1. The van der Waals surface area contributed by atoms with Crippen molar-refractivity contribution in [3.8, 4) is 0 Å². The smallest absolute Gasteiger partial charge is 0.315 e. The lowest BCUT2D eigenvalue weighted by Gasteiger charge is -2.28.